The van der Waals surface area contributed by atoms with Crippen LogP contribution in [0.5, 0.6) is 0 Å². The van der Waals surface area contributed by atoms with Crippen LogP contribution < -0.4 is 10.4 Å². The van der Waals surface area contributed by atoms with E-state index in [1.807, 2.05) is 32.6 Å². The van der Waals surface area contributed by atoms with Crippen molar-refractivity contribution in [2.45, 2.75) is 51.7 Å². The Kier molecular flexibility index (Phi) is 4.29. The zero-order chi connectivity index (χ0) is 17.5. The van der Waals surface area contributed by atoms with Crippen molar-refractivity contribution in [2.75, 3.05) is 18.0 Å². The average Bonchev–Trinajstić information content (AvgIpc) is 2.76. The molecule has 0 aliphatic carbocycles. The summed E-state index contributed by atoms with van der Waals surface area (Å²) in [6.45, 7) is 9.23. The lowest BCUT2D eigenvalue weighted by Crippen LogP contribution is -2.41. The number of aromatic nitrogens is 2. The number of carboxylic acids is 1. The van der Waals surface area contributed by atoms with Crippen LogP contribution in [0.3, 0.4) is 0 Å². The maximum atomic E-state index is 11.2. The van der Waals surface area contributed by atoms with Gasteiger partial charge in [-0.05, 0) is 40.5 Å². The van der Waals surface area contributed by atoms with E-state index in [1.165, 1.54) is 0 Å². The fourth-order valence-electron chi connectivity index (χ4n) is 2.96. The summed E-state index contributed by atoms with van der Waals surface area (Å²) in [6.07, 6.45) is 4.95. The van der Waals surface area contributed by atoms with Crippen molar-refractivity contribution >= 4 is 24.5 Å². The van der Waals surface area contributed by atoms with Gasteiger partial charge >= 0.3 is 13.1 Å². The Hall–Kier alpha value is -1.67. The largest absolute Gasteiger partial charge is 0.498 e. The van der Waals surface area contributed by atoms with Crippen molar-refractivity contribution in [3.05, 3.63) is 12.4 Å². The second kappa shape index (κ2) is 6.00. The molecule has 0 radical (unpaired) electrons. The van der Waals surface area contributed by atoms with E-state index >= 15 is 0 Å². The lowest BCUT2D eigenvalue weighted by atomic mass is 9.81. The van der Waals surface area contributed by atoms with Gasteiger partial charge in [-0.3, -0.25) is 4.79 Å². The molecule has 3 rings (SSSR count). The Bertz CT molecular complexity index is 604. The Balaban J connectivity index is 1.71. The van der Waals surface area contributed by atoms with Gasteiger partial charge in [0.1, 0.15) is 0 Å². The average molecular weight is 333 g/mol. The quantitative estimate of drug-likeness (QED) is 0.829. The van der Waals surface area contributed by atoms with Crippen LogP contribution in [-0.2, 0) is 14.1 Å². The number of hydrogen-bond donors (Lipinski definition) is 1. The van der Waals surface area contributed by atoms with Crippen molar-refractivity contribution in [3.63, 3.8) is 0 Å². The summed E-state index contributed by atoms with van der Waals surface area (Å²) in [5, 5.41) is 9.19. The van der Waals surface area contributed by atoms with Crippen LogP contribution in [0.2, 0.25) is 0 Å². The number of nitrogens with zero attached hydrogens (tertiary/aromatic N) is 3. The van der Waals surface area contributed by atoms with Crippen LogP contribution in [0, 0.1) is 5.92 Å². The highest BCUT2D eigenvalue weighted by molar-refractivity contribution is 6.61. The van der Waals surface area contributed by atoms with Gasteiger partial charge in [0.2, 0.25) is 5.95 Å². The molecular weight excluding hydrogens is 309 g/mol. The van der Waals surface area contributed by atoms with E-state index < -0.39 is 24.3 Å². The van der Waals surface area contributed by atoms with E-state index in [0.29, 0.717) is 18.9 Å². The monoisotopic (exact) mass is 333 g/mol. The van der Waals surface area contributed by atoms with Crippen molar-refractivity contribution < 1.29 is 19.2 Å². The molecule has 7 nitrogen and oxygen atoms in total. The molecule has 1 aromatic rings. The van der Waals surface area contributed by atoms with Gasteiger partial charge in [-0.25, -0.2) is 9.97 Å². The second-order valence-electron chi connectivity index (χ2n) is 7.53. The van der Waals surface area contributed by atoms with E-state index in [4.69, 9.17) is 9.31 Å². The summed E-state index contributed by atoms with van der Waals surface area (Å²) < 4.78 is 12.0. The SMILES string of the molecule is CC1(C)OB(c2cnc(N3CCC[C@H](C(=O)O)C3)nc2)OC1(C)C. The first kappa shape index (κ1) is 17.2. The molecule has 130 valence electrons. The van der Waals surface area contributed by atoms with Gasteiger partial charge in [0.15, 0.2) is 0 Å². The van der Waals surface area contributed by atoms with Gasteiger partial charge in [-0.1, -0.05) is 0 Å². The molecule has 1 N–H and O–H groups in total. The molecule has 0 aromatic carbocycles. The zero-order valence-corrected chi connectivity index (χ0v) is 14.7. The Morgan fingerprint density at radius 2 is 1.83 bits per heavy atom. The van der Waals surface area contributed by atoms with Crippen molar-refractivity contribution in [3.8, 4) is 0 Å². The molecule has 1 aromatic heterocycles. The van der Waals surface area contributed by atoms with Crippen LogP contribution in [0.4, 0.5) is 5.95 Å². The van der Waals surface area contributed by atoms with Crippen LogP contribution >= 0.6 is 0 Å². The van der Waals surface area contributed by atoms with Gasteiger partial charge < -0.3 is 19.3 Å². The van der Waals surface area contributed by atoms with E-state index in [0.717, 1.165) is 18.4 Å². The van der Waals surface area contributed by atoms with Gasteiger partial charge in [0, 0.05) is 30.9 Å². The smallest absolute Gasteiger partial charge is 0.481 e. The fourth-order valence-corrected chi connectivity index (χ4v) is 2.96. The number of carbonyl (C=O) groups is 1. The van der Waals surface area contributed by atoms with Crippen molar-refractivity contribution in [2.24, 2.45) is 5.92 Å². The predicted molar refractivity (Wildman–Crippen MR) is 90.3 cm³/mol. The number of rotatable bonds is 3. The lowest BCUT2D eigenvalue weighted by Gasteiger charge is -2.32. The lowest BCUT2D eigenvalue weighted by molar-refractivity contribution is -0.141. The normalized spacial score (nSPS) is 25.8. The third-order valence-corrected chi connectivity index (χ3v) is 5.24. The molecule has 0 unspecified atom stereocenters. The van der Waals surface area contributed by atoms with Gasteiger partial charge in [-0.2, -0.15) is 0 Å². The van der Waals surface area contributed by atoms with Gasteiger partial charge in [0.25, 0.3) is 0 Å². The number of carboxylic acid groups (broad SMARTS) is 1. The summed E-state index contributed by atoms with van der Waals surface area (Å²) in [7, 11) is -0.489. The van der Waals surface area contributed by atoms with E-state index in [2.05, 4.69) is 9.97 Å². The molecule has 0 amide bonds. The molecule has 2 aliphatic rings. The highest BCUT2D eigenvalue weighted by atomic mass is 16.7. The summed E-state index contributed by atoms with van der Waals surface area (Å²) >= 11 is 0. The summed E-state index contributed by atoms with van der Waals surface area (Å²) in [4.78, 5) is 21.9. The van der Waals surface area contributed by atoms with Crippen molar-refractivity contribution in [1.29, 1.82) is 0 Å². The van der Waals surface area contributed by atoms with E-state index in [1.54, 1.807) is 12.4 Å². The van der Waals surface area contributed by atoms with Gasteiger partial charge in [0.05, 0.1) is 17.1 Å². The fraction of sp³-hybridized carbons (Fsp3) is 0.688. The summed E-state index contributed by atoms with van der Waals surface area (Å²) in [5.74, 6) is -0.556. The minimum atomic E-state index is -0.756. The predicted octanol–water partition coefficient (Wildman–Crippen LogP) is 1.08. The first-order valence-electron chi connectivity index (χ1n) is 8.35. The topological polar surface area (TPSA) is 84.8 Å². The Morgan fingerprint density at radius 3 is 2.38 bits per heavy atom. The number of piperidine rings is 1. The maximum Gasteiger partial charge on any atom is 0.498 e. The van der Waals surface area contributed by atoms with Crippen LogP contribution in [0.1, 0.15) is 40.5 Å². The first-order valence-corrected chi connectivity index (χ1v) is 8.35. The summed E-state index contributed by atoms with van der Waals surface area (Å²) in [5.41, 5.74) is -0.0419. The Labute approximate surface area is 142 Å². The highest BCUT2D eigenvalue weighted by Gasteiger charge is 2.52. The molecule has 24 heavy (non-hydrogen) atoms. The third kappa shape index (κ3) is 3.12. The van der Waals surface area contributed by atoms with E-state index in [-0.39, 0.29) is 5.92 Å². The molecule has 3 heterocycles. The molecule has 0 bridgehead atoms. The molecule has 2 saturated heterocycles. The molecule has 1 atom stereocenters. The zero-order valence-electron chi connectivity index (χ0n) is 14.7. The van der Waals surface area contributed by atoms with Gasteiger partial charge in [-0.15, -0.1) is 0 Å². The highest BCUT2D eigenvalue weighted by Crippen LogP contribution is 2.36. The standard InChI is InChI=1S/C16H24BN3O4/c1-15(2)16(3,4)24-17(23-15)12-8-18-14(19-9-12)20-7-5-6-11(10-20)13(21)22/h8-9,11H,5-7,10H2,1-4H3,(H,21,22)/t11-/m0/s1. The molecule has 0 spiro atoms. The minimum Gasteiger partial charge on any atom is -0.481 e. The van der Waals surface area contributed by atoms with Crippen LogP contribution in [0.15, 0.2) is 12.4 Å². The summed E-state index contributed by atoms with van der Waals surface area (Å²) in [6, 6.07) is 0. The second-order valence-corrected chi connectivity index (χ2v) is 7.53. The maximum absolute atomic E-state index is 11.2. The molecular formula is C16H24BN3O4. The number of anilines is 1. The number of aliphatic carboxylic acids is 1. The molecule has 8 heteroatoms. The van der Waals surface area contributed by atoms with Crippen LogP contribution in [-0.4, -0.2) is 52.5 Å². The Morgan fingerprint density at radius 1 is 1.25 bits per heavy atom. The molecule has 2 aliphatic heterocycles. The molecule has 2 fully saturated rings. The van der Waals surface area contributed by atoms with Crippen LogP contribution in [0.25, 0.3) is 0 Å². The number of hydrogen-bond acceptors (Lipinski definition) is 6. The minimum absolute atomic E-state index is 0.356. The first-order chi connectivity index (χ1) is 11.2. The molecule has 0 saturated carbocycles. The third-order valence-electron chi connectivity index (χ3n) is 5.24. The van der Waals surface area contributed by atoms with Crippen molar-refractivity contribution in [1.82, 2.24) is 9.97 Å². The van der Waals surface area contributed by atoms with E-state index in [9.17, 15) is 9.90 Å².